The lowest BCUT2D eigenvalue weighted by atomic mass is 10.0. The molecular weight excluding hydrogens is 410 g/mol. The van der Waals surface area contributed by atoms with Crippen LogP contribution in [0.1, 0.15) is 0 Å². The van der Waals surface area contributed by atoms with Crippen LogP contribution in [0.3, 0.4) is 0 Å². The van der Waals surface area contributed by atoms with Crippen molar-refractivity contribution in [3.63, 3.8) is 0 Å². The summed E-state index contributed by atoms with van der Waals surface area (Å²) in [6.07, 6.45) is 11.6. The van der Waals surface area contributed by atoms with Crippen LogP contribution in [-0.4, -0.2) is 25.8 Å². The molecule has 0 saturated carbocycles. The van der Waals surface area contributed by atoms with Crippen LogP contribution in [0, 0.1) is 0 Å². The van der Waals surface area contributed by atoms with E-state index in [0.29, 0.717) is 0 Å². The first-order chi connectivity index (χ1) is 16.2. The molecule has 5 heterocycles. The largest absolute Gasteiger partial charge is 0.453 e. The van der Waals surface area contributed by atoms with E-state index in [4.69, 9.17) is 4.74 Å². The molecule has 0 bridgehead atoms. The first-order valence-electron chi connectivity index (χ1n) is 10.8. The van der Waals surface area contributed by atoms with E-state index < -0.39 is 0 Å². The number of rotatable bonds is 2. The second-order valence-corrected chi connectivity index (χ2v) is 8.24. The third kappa shape index (κ3) is 2.81. The van der Waals surface area contributed by atoms with Crippen LogP contribution >= 0.6 is 0 Å². The van der Waals surface area contributed by atoms with E-state index in [2.05, 4.69) is 82.6 Å². The highest BCUT2D eigenvalue weighted by Crippen LogP contribution is 2.48. The Hall–Kier alpha value is -4.58. The minimum absolute atomic E-state index is 0.839. The molecule has 0 aliphatic carbocycles. The Kier molecular flexibility index (Phi) is 3.67. The summed E-state index contributed by atoms with van der Waals surface area (Å²) in [5.41, 5.74) is 8.33. The van der Waals surface area contributed by atoms with E-state index in [0.717, 1.165) is 56.4 Å². The third-order valence-corrected chi connectivity index (χ3v) is 6.32. The van der Waals surface area contributed by atoms with Crippen molar-refractivity contribution in [1.29, 1.82) is 0 Å². The average Bonchev–Trinajstić information content (AvgIpc) is 3.52. The van der Waals surface area contributed by atoms with Crippen molar-refractivity contribution >= 4 is 22.7 Å². The van der Waals surface area contributed by atoms with Crippen LogP contribution in [0.5, 0.6) is 11.5 Å². The molecule has 7 rings (SSSR count). The van der Waals surface area contributed by atoms with Gasteiger partial charge in [-0.2, -0.15) is 0 Å². The first kappa shape index (κ1) is 18.0. The SMILES string of the molecule is CN1c2ccc(-c3ccn4ccnc4c3)cc2Oc2cc(-c3ccn4ccnc4c3)ccc21. The van der Waals surface area contributed by atoms with Gasteiger partial charge in [0, 0.05) is 44.2 Å². The highest BCUT2D eigenvalue weighted by atomic mass is 16.5. The number of imidazole rings is 2. The van der Waals surface area contributed by atoms with Crippen LogP contribution in [0.15, 0.2) is 97.8 Å². The number of hydrogen-bond donors (Lipinski definition) is 0. The number of pyridine rings is 2. The summed E-state index contributed by atoms with van der Waals surface area (Å²) in [6, 6.07) is 21.1. The Morgan fingerprint density at radius 1 is 0.576 bits per heavy atom. The van der Waals surface area contributed by atoms with E-state index in [1.165, 1.54) is 0 Å². The fraction of sp³-hybridized carbons (Fsp3) is 0.0370. The van der Waals surface area contributed by atoms with E-state index in [1.807, 2.05) is 46.0 Å². The first-order valence-corrected chi connectivity index (χ1v) is 10.8. The Balaban J connectivity index is 1.28. The second kappa shape index (κ2) is 6.71. The maximum absolute atomic E-state index is 6.43. The molecule has 0 spiro atoms. The van der Waals surface area contributed by atoms with Gasteiger partial charge in [0.15, 0.2) is 11.5 Å². The van der Waals surface area contributed by atoms with Gasteiger partial charge in [0.1, 0.15) is 11.3 Å². The van der Waals surface area contributed by atoms with Gasteiger partial charge in [0.2, 0.25) is 0 Å². The smallest absolute Gasteiger partial charge is 0.151 e. The lowest BCUT2D eigenvalue weighted by molar-refractivity contribution is 0.476. The van der Waals surface area contributed by atoms with Crippen molar-refractivity contribution in [2.45, 2.75) is 0 Å². The zero-order valence-corrected chi connectivity index (χ0v) is 17.9. The lowest BCUT2D eigenvalue weighted by Gasteiger charge is -2.30. The second-order valence-electron chi connectivity index (χ2n) is 8.24. The Bertz CT molecular complexity index is 1560. The maximum atomic E-state index is 6.43. The molecule has 158 valence electrons. The van der Waals surface area contributed by atoms with Crippen LogP contribution in [0.2, 0.25) is 0 Å². The lowest BCUT2D eigenvalue weighted by Crippen LogP contribution is -2.15. The van der Waals surface area contributed by atoms with E-state index >= 15 is 0 Å². The molecular formula is C27H19N5O. The molecule has 0 N–H and O–H groups in total. The van der Waals surface area contributed by atoms with Gasteiger partial charge in [-0.1, -0.05) is 12.1 Å². The average molecular weight is 429 g/mol. The van der Waals surface area contributed by atoms with Crippen LogP contribution in [0.4, 0.5) is 11.4 Å². The summed E-state index contributed by atoms with van der Waals surface area (Å²) in [6.45, 7) is 0. The fourth-order valence-electron chi connectivity index (χ4n) is 4.53. The summed E-state index contributed by atoms with van der Waals surface area (Å²) in [4.78, 5) is 11.0. The Morgan fingerprint density at radius 3 is 1.58 bits per heavy atom. The van der Waals surface area contributed by atoms with Gasteiger partial charge in [0.25, 0.3) is 0 Å². The van der Waals surface area contributed by atoms with Crippen LogP contribution < -0.4 is 9.64 Å². The normalized spacial score (nSPS) is 12.6. The van der Waals surface area contributed by atoms with Gasteiger partial charge < -0.3 is 18.4 Å². The number of hydrogen-bond acceptors (Lipinski definition) is 4. The minimum Gasteiger partial charge on any atom is -0.453 e. The number of ether oxygens (including phenoxy) is 1. The highest BCUT2D eigenvalue weighted by Gasteiger charge is 2.23. The molecule has 33 heavy (non-hydrogen) atoms. The van der Waals surface area contributed by atoms with Gasteiger partial charge in [-0.15, -0.1) is 0 Å². The van der Waals surface area contributed by atoms with Gasteiger partial charge in [0.05, 0.1) is 11.4 Å². The van der Waals surface area contributed by atoms with Crippen molar-refractivity contribution in [3.05, 3.63) is 97.8 Å². The maximum Gasteiger partial charge on any atom is 0.151 e. The van der Waals surface area contributed by atoms with Crippen molar-refractivity contribution in [1.82, 2.24) is 18.8 Å². The molecule has 6 aromatic rings. The zero-order chi connectivity index (χ0) is 21.9. The Labute approximate surface area is 190 Å². The number of aromatic nitrogens is 4. The standard InChI is InChI=1S/C27H19N5O/c1-30-22-4-2-18(20-6-10-31-12-8-28-26(31)16-20)14-24(22)33-25-15-19(3-5-23(25)30)21-7-11-32-13-9-29-27(32)17-21/h2-17H,1H3. The molecule has 0 atom stereocenters. The molecule has 0 fully saturated rings. The van der Waals surface area contributed by atoms with Crippen molar-refractivity contribution in [3.8, 4) is 33.8 Å². The molecule has 1 aliphatic rings. The summed E-state index contributed by atoms with van der Waals surface area (Å²) < 4.78 is 10.4. The van der Waals surface area contributed by atoms with E-state index in [-0.39, 0.29) is 0 Å². The van der Waals surface area contributed by atoms with E-state index in [9.17, 15) is 0 Å². The predicted molar refractivity (Wildman–Crippen MR) is 129 cm³/mol. The van der Waals surface area contributed by atoms with Gasteiger partial charge >= 0.3 is 0 Å². The van der Waals surface area contributed by atoms with Gasteiger partial charge in [-0.25, -0.2) is 9.97 Å². The molecule has 0 saturated heterocycles. The van der Waals surface area contributed by atoms with Gasteiger partial charge in [-0.3, -0.25) is 0 Å². The molecule has 6 heteroatoms. The van der Waals surface area contributed by atoms with Crippen LogP contribution in [-0.2, 0) is 0 Å². The predicted octanol–water partition coefficient (Wildman–Crippen LogP) is 6.19. The van der Waals surface area contributed by atoms with E-state index in [1.54, 1.807) is 0 Å². The summed E-state index contributed by atoms with van der Waals surface area (Å²) >= 11 is 0. The summed E-state index contributed by atoms with van der Waals surface area (Å²) in [5, 5.41) is 0. The highest BCUT2D eigenvalue weighted by molar-refractivity contribution is 5.83. The van der Waals surface area contributed by atoms with Crippen molar-refractivity contribution in [2.24, 2.45) is 0 Å². The fourth-order valence-corrected chi connectivity index (χ4v) is 4.53. The third-order valence-electron chi connectivity index (χ3n) is 6.32. The number of benzene rings is 2. The summed E-state index contributed by atoms with van der Waals surface area (Å²) in [7, 11) is 2.08. The Morgan fingerprint density at radius 2 is 1.06 bits per heavy atom. The molecule has 4 aromatic heterocycles. The quantitative estimate of drug-likeness (QED) is 0.329. The number of nitrogens with zero attached hydrogens (tertiary/aromatic N) is 5. The van der Waals surface area contributed by atoms with Crippen LogP contribution in [0.25, 0.3) is 33.5 Å². The topological polar surface area (TPSA) is 47.1 Å². The van der Waals surface area contributed by atoms with Crippen molar-refractivity contribution in [2.75, 3.05) is 11.9 Å². The molecule has 1 aliphatic heterocycles. The monoisotopic (exact) mass is 429 g/mol. The minimum atomic E-state index is 0.839. The molecule has 0 radical (unpaired) electrons. The molecule has 6 nitrogen and oxygen atoms in total. The molecule has 2 aromatic carbocycles. The molecule has 0 amide bonds. The number of fused-ring (bicyclic) bond motifs is 4. The summed E-state index contributed by atoms with van der Waals surface area (Å²) in [5.74, 6) is 1.68. The van der Waals surface area contributed by atoms with Gasteiger partial charge in [-0.05, 0) is 70.8 Å². The molecule has 0 unspecified atom stereocenters. The van der Waals surface area contributed by atoms with Crippen molar-refractivity contribution < 1.29 is 4.74 Å². The zero-order valence-electron chi connectivity index (χ0n) is 17.9. The number of anilines is 2.